The van der Waals surface area contributed by atoms with Gasteiger partial charge in [-0.25, -0.2) is 4.98 Å². The number of furan rings is 1. The molecule has 0 aliphatic carbocycles. The molecule has 0 N–H and O–H groups in total. The van der Waals surface area contributed by atoms with Gasteiger partial charge in [0.2, 0.25) is 5.88 Å². The van der Waals surface area contributed by atoms with Gasteiger partial charge < -0.3 is 9.15 Å². The molecule has 19 heavy (non-hydrogen) atoms. The standard InChI is InChI=1S/C15H12N2O2/c1-11-9-16-10-15(17-11)19-13-5-2-4-12(8-13)14-6-3-7-18-14/h2-10H,1H3. The summed E-state index contributed by atoms with van der Waals surface area (Å²) in [6.07, 6.45) is 4.92. The highest BCUT2D eigenvalue weighted by molar-refractivity contribution is 5.59. The zero-order valence-electron chi connectivity index (χ0n) is 10.4. The van der Waals surface area contributed by atoms with Gasteiger partial charge in [-0.15, -0.1) is 0 Å². The molecule has 2 aromatic heterocycles. The van der Waals surface area contributed by atoms with Crippen molar-refractivity contribution in [1.82, 2.24) is 9.97 Å². The van der Waals surface area contributed by atoms with Crippen LogP contribution < -0.4 is 4.74 Å². The fourth-order valence-electron chi connectivity index (χ4n) is 1.77. The first kappa shape index (κ1) is 11.5. The summed E-state index contributed by atoms with van der Waals surface area (Å²) in [4.78, 5) is 8.30. The largest absolute Gasteiger partial charge is 0.464 e. The second-order valence-corrected chi connectivity index (χ2v) is 4.11. The van der Waals surface area contributed by atoms with E-state index >= 15 is 0 Å². The number of rotatable bonds is 3. The molecule has 1 aromatic carbocycles. The van der Waals surface area contributed by atoms with Gasteiger partial charge in [-0.05, 0) is 31.2 Å². The minimum atomic E-state index is 0.483. The number of ether oxygens (including phenoxy) is 1. The number of hydrogen-bond acceptors (Lipinski definition) is 4. The fourth-order valence-corrected chi connectivity index (χ4v) is 1.77. The molecule has 4 nitrogen and oxygen atoms in total. The molecule has 0 amide bonds. The molecule has 94 valence electrons. The first-order valence-corrected chi connectivity index (χ1v) is 5.92. The Morgan fingerprint density at radius 2 is 2.05 bits per heavy atom. The van der Waals surface area contributed by atoms with E-state index < -0.39 is 0 Å². The summed E-state index contributed by atoms with van der Waals surface area (Å²) in [5.41, 5.74) is 1.78. The van der Waals surface area contributed by atoms with Crippen molar-refractivity contribution in [3.63, 3.8) is 0 Å². The minimum absolute atomic E-state index is 0.483. The summed E-state index contributed by atoms with van der Waals surface area (Å²) in [6.45, 7) is 1.87. The van der Waals surface area contributed by atoms with E-state index in [9.17, 15) is 0 Å². The maximum Gasteiger partial charge on any atom is 0.238 e. The Hall–Kier alpha value is -2.62. The normalized spacial score (nSPS) is 10.4. The van der Waals surface area contributed by atoms with Crippen LogP contribution in [0.2, 0.25) is 0 Å². The van der Waals surface area contributed by atoms with Crippen LogP contribution in [0.4, 0.5) is 0 Å². The molecule has 3 aromatic rings. The molecule has 0 bridgehead atoms. The van der Waals surface area contributed by atoms with Gasteiger partial charge in [-0.3, -0.25) is 4.98 Å². The summed E-state index contributed by atoms with van der Waals surface area (Å²) >= 11 is 0. The molecule has 3 rings (SSSR count). The Morgan fingerprint density at radius 1 is 1.11 bits per heavy atom. The Bertz CT molecular complexity index is 678. The topological polar surface area (TPSA) is 48.2 Å². The van der Waals surface area contributed by atoms with E-state index in [4.69, 9.17) is 9.15 Å². The maximum atomic E-state index is 5.68. The summed E-state index contributed by atoms with van der Waals surface area (Å²) in [6, 6.07) is 11.4. The quantitative estimate of drug-likeness (QED) is 0.710. The molecular formula is C15H12N2O2. The third-order valence-corrected chi connectivity index (χ3v) is 2.60. The van der Waals surface area contributed by atoms with E-state index in [-0.39, 0.29) is 0 Å². The van der Waals surface area contributed by atoms with E-state index in [2.05, 4.69) is 9.97 Å². The SMILES string of the molecule is Cc1cncc(Oc2cccc(-c3ccco3)c2)n1. The van der Waals surface area contributed by atoms with Gasteiger partial charge in [0.15, 0.2) is 0 Å². The highest BCUT2D eigenvalue weighted by Gasteiger charge is 2.04. The summed E-state index contributed by atoms with van der Waals surface area (Å²) in [7, 11) is 0. The lowest BCUT2D eigenvalue weighted by Gasteiger charge is -2.06. The monoisotopic (exact) mass is 252 g/mol. The Balaban J connectivity index is 1.88. The minimum Gasteiger partial charge on any atom is -0.464 e. The van der Waals surface area contributed by atoms with Crippen molar-refractivity contribution >= 4 is 0 Å². The first-order valence-electron chi connectivity index (χ1n) is 5.92. The Labute approximate surface area is 110 Å². The van der Waals surface area contributed by atoms with Crippen LogP contribution in [0, 0.1) is 6.92 Å². The van der Waals surface area contributed by atoms with Crippen LogP contribution in [0.25, 0.3) is 11.3 Å². The highest BCUT2D eigenvalue weighted by atomic mass is 16.5. The van der Waals surface area contributed by atoms with Crippen molar-refractivity contribution < 1.29 is 9.15 Å². The number of nitrogens with zero attached hydrogens (tertiary/aromatic N) is 2. The molecule has 0 saturated heterocycles. The smallest absolute Gasteiger partial charge is 0.238 e. The molecular weight excluding hydrogens is 240 g/mol. The second-order valence-electron chi connectivity index (χ2n) is 4.11. The van der Waals surface area contributed by atoms with E-state index in [0.717, 1.165) is 17.0 Å². The van der Waals surface area contributed by atoms with Crippen LogP contribution in [0.5, 0.6) is 11.6 Å². The van der Waals surface area contributed by atoms with Gasteiger partial charge in [0.1, 0.15) is 11.5 Å². The fraction of sp³-hybridized carbons (Fsp3) is 0.0667. The van der Waals surface area contributed by atoms with Crippen molar-refractivity contribution in [2.45, 2.75) is 6.92 Å². The van der Waals surface area contributed by atoms with Gasteiger partial charge in [0.25, 0.3) is 0 Å². The molecule has 4 heteroatoms. The Kier molecular flexibility index (Phi) is 2.98. The average molecular weight is 252 g/mol. The predicted octanol–water partition coefficient (Wildman–Crippen LogP) is 3.84. The zero-order valence-corrected chi connectivity index (χ0v) is 10.4. The second kappa shape index (κ2) is 4.94. The third-order valence-electron chi connectivity index (χ3n) is 2.60. The van der Waals surface area contributed by atoms with E-state index in [1.165, 1.54) is 0 Å². The molecule has 0 radical (unpaired) electrons. The van der Waals surface area contributed by atoms with Crippen molar-refractivity contribution in [3.8, 4) is 23.0 Å². The van der Waals surface area contributed by atoms with Crippen LogP contribution >= 0.6 is 0 Å². The van der Waals surface area contributed by atoms with E-state index in [0.29, 0.717) is 11.6 Å². The summed E-state index contributed by atoms with van der Waals surface area (Å²) in [5, 5.41) is 0. The van der Waals surface area contributed by atoms with Crippen molar-refractivity contribution in [1.29, 1.82) is 0 Å². The van der Waals surface area contributed by atoms with Gasteiger partial charge in [-0.2, -0.15) is 0 Å². The van der Waals surface area contributed by atoms with Crippen LogP contribution in [0.15, 0.2) is 59.5 Å². The highest BCUT2D eigenvalue weighted by Crippen LogP contribution is 2.26. The van der Waals surface area contributed by atoms with Crippen LogP contribution in [-0.2, 0) is 0 Å². The summed E-state index contributed by atoms with van der Waals surface area (Å²) < 4.78 is 11.0. The number of benzene rings is 1. The molecule has 0 fully saturated rings. The lowest BCUT2D eigenvalue weighted by Crippen LogP contribution is -1.91. The molecule has 0 atom stereocenters. The average Bonchev–Trinajstić information content (AvgIpc) is 2.93. The number of aryl methyl sites for hydroxylation is 1. The lowest BCUT2D eigenvalue weighted by molar-refractivity contribution is 0.458. The lowest BCUT2D eigenvalue weighted by atomic mass is 10.2. The molecule has 0 spiro atoms. The van der Waals surface area contributed by atoms with Crippen molar-refractivity contribution in [3.05, 3.63) is 60.7 Å². The molecule has 2 heterocycles. The van der Waals surface area contributed by atoms with Crippen LogP contribution in [-0.4, -0.2) is 9.97 Å². The van der Waals surface area contributed by atoms with Crippen LogP contribution in [0.3, 0.4) is 0 Å². The molecule has 0 aliphatic rings. The zero-order chi connectivity index (χ0) is 13.1. The van der Waals surface area contributed by atoms with Gasteiger partial charge in [0.05, 0.1) is 18.2 Å². The van der Waals surface area contributed by atoms with Crippen molar-refractivity contribution in [2.75, 3.05) is 0 Å². The summed E-state index contributed by atoms with van der Waals surface area (Å²) in [5.74, 6) is 1.99. The van der Waals surface area contributed by atoms with Crippen molar-refractivity contribution in [2.24, 2.45) is 0 Å². The Morgan fingerprint density at radius 3 is 2.84 bits per heavy atom. The molecule has 0 aliphatic heterocycles. The first-order chi connectivity index (χ1) is 9.31. The van der Waals surface area contributed by atoms with Gasteiger partial charge in [-0.1, -0.05) is 12.1 Å². The number of aromatic nitrogens is 2. The molecule has 0 unspecified atom stereocenters. The van der Waals surface area contributed by atoms with E-state index in [1.54, 1.807) is 18.7 Å². The maximum absolute atomic E-state index is 5.68. The third kappa shape index (κ3) is 2.63. The molecule has 0 saturated carbocycles. The van der Waals surface area contributed by atoms with Gasteiger partial charge in [0, 0.05) is 11.8 Å². The van der Waals surface area contributed by atoms with E-state index in [1.807, 2.05) is 43.3 Å². The van der Waals surface area contributed by atoms with Gasteiger partial charge >= 0.3 is 0 Å². The van der Waals surface area contributed by atoms with Crippen LogP contribution in [0.1, 0.15) is 5.69 Å². The predicted molar refractivity (Wildman–Crippen MR) is 71.0 cm³/mol. The number of hydrogen-bond donors (Lipinski definition) is 0.